The van der Waals surface area contributed by atoms with Crippen molar-refractivity contribution in [2.75, 3.05) is 16.3 Å². The number of amides is 1. The third-order valence-electron chi connectivity index (χ3n) is 2.78. The molecule has 10 heteroatoms. The minimum Gasteiger partial charge on any atom is -0.321 e. The average Bonchev–Trinajstić information content (AvgIpc) is 2.42. The van der Waals surface area contributed by atoms with Crippen LogP contribution in [0.2, 0.25) is 20.1 Å². The van der Waals surface area contributed by atoms with Gasteiger partial charge in [0.25, 0.3) is 5.91 Å². The molecule has 2 aromatic carbocycles. The summed E-state index contributed by atoms with van der Waals surface area (Å²) >= 11 is 23.8. The van der Waals surface area contributed by atoms with E-state index >= 15 is 0 Å². The number of halogens is 4. The molecule has 0 heterocycles. The Kier molecular flexibility index (Phi) is 5.88. The van der Waals surface area contributed by atoms with Crippen molar-refractivity contribution in [1.82, 2.24) is 0 Å². The first kappa shape index (κ1) is 19.1. The molecule has 0 aliphatic carbocycles. The fourth-order valence-corrected chi connectivity index (χ4v) is 3.20. The Morgan fingerprint density at radius 1 is 0.917 bits per heavy atom. The van der Waals surface area contributed by atoms with E-state index in [0.717, 1.165) is 6.26 Å². The third kappa shape index (κ3) is 4.91. The molecule has 0 saturated heterocycles. The minimum absolute atomic E-state index is 0.0670. The molecule has 5 nitrogen and oxygen atoms in total. The van der Waals surface area contributed by atoms with Crippen LogP contribution in [0.4, 0.5) is 11.4 Å². The molecule has 2 rings (SSSR count). The van der Waals surface area contributed by atoms with Gasteiger partial charge in [0.1, 0.15) is 0 Å². The molecule has 0 unspecified atom stereocenters. The topological polar surface area (TPSA) is 75.3 Å². The van der Waals surface area contributed by atoms with Gasteiger partial charge < -0.3 is 5.32 Å². The highest BCUT2D eigenvalue weighted by molar-refractivity contribution is 7.92. The Morgan fingerprint density at radius 2 is 1.54 bits per heavy atom. The lowest BCUT2D eigenvalue weighted by molar-refractivity contribution is 0.102. The van der Waals surface area contributed by atoms with Crippen molar-refractivity contribution >= 4 is 73.7 Å². The second-order valence-electron chi connectivity index (χ2n) is 4.77. The number of rotatable bonds is 4. The number of nitrogens with one attached hydrogen (secondary N) is 2. The lowest BCUT2D eigenvalue weighted by Crippen LogP contribution is -2.14. The molecule has 24 heavy (non-hydrogen) atoms. The molecule has 0 spiro atoms. The molecule has 0 bridgehead atoms. The third-order valence-corrected chi connectivity index (χ3v) is 4.73. The van der Waals surface area contributed by atoms with Crippen LogP contribution in [-0.2, 0) is 10.0 Å². The van der Waals surface area contributed by atoms with Crippen molar-refractivity contribution in [2.45, 2.75) is 0 Å². The Labute approximate surface area is 158 Å². The molecule has 128 valence electrons. The van der Waals surface area contributed by atoms with Crippen molar-refractivity contribution in [3.63, 3.8) is 0 Å². The van der Waals surface area contributed by atoms with Crippen LogP contribution < -0.4 is 10.0 Å². The van der Waals surface area contributed by atoms with E-state index in [2.05, 4.69) is 10.0 Å². The van der Waals surface area contributed by atoms with Crippen LogP contribution in [0.3, 0.4) is 0 Å². The van der Waals surface area contributed by atoms with Gasteiger partial charge in [-0.2, -0.15) is 0 Å². The van der Waals surface area contributed by atoms with E-state index in [1.54, 1.807) is 0 Å². The predicted molar refractivity (Wildman–Crippen MR) is 99.3 cm³/mol. The molecule has 0 saturated carbocycles. The van der Waals surface area contributed by atoms with Crippen LogP contribution in [0, 0.1) is 0 Å². The minimum atomic E-state index is -3.44. The zero-order valence-electron chi connectivity index (χ0n) is 12.0. The van der Waals surface area contributed by atoms with Gasteiger partial charge in [0.15, 0.2) is 0 Å². The maximum absolute atomic E-state index is 12.3. The van der Waals surface area contributed by atoms with Crippen molar-refractivity contribution in [2.24, 2.45) is 0 Å². The van der Waals surface area contributed by atoms with Gasteiger partial charge in [-0.3, -0.25) is 9.52 Å². The van der Waals surface area contributed by atoms with Crippen LogP contribution in [0.15, 0.2) is 30.3 Å². The van der Waals surface area contributed by atoms with Gasteiger partial charge in [-0.1, -0.05) is 46.4 Å². The quantitative estimate of drug-likeness (QED) is 0.679. The summed E-state index contributed by atoms with van der Waals surface area (Å²) in [6, 6.07) is 6.95. The molecular weight excluding hydrogens is 418 g/mol. The normalized spacial score (nSPS) is 11.2. The van der Waals surface area contributed by atoms with Gasteiger partial charge in [0, 0.05) is 5.69 Å². The predicted octanol–water partition coefficient (Wildman–Crippen LogP) is 4.92. The zero-order valence-corrected chi connectivity index (χ0v) is 15.9. The molecular formula is C14H10Cl4N2O3S. The molecule has 0 radical (unpaired) electrons. The van der Waals surface area contributed by atoms with Crippen molar-refractivity contribution in [3.8, 4) is 0 Å². The fourth-order valence-electron chi connectivity index (χ4n) is 1.78. The number of hydrogen-bond donors (Lipinski definition) is 2. The second-order valence-corrected chi connectivity index (χ2v) is 8.15. The van der Waals surface area contributed by atoms with Gasteiger partial charge in [0.05, 0.1) is 37.6 Å². The number of carbonyl (C=O) groups excluding carboxylic acids is 1. The SMILES string of the molecule is CS(=O)(=O)Nc1ccc(C(=O)Nc2cc(Cl)c(Cl)cc2Cl)c(Cl)c1. The van der Waals surface area contributed by atoms with Crippen molar-refractivity contribution in [1.29, 1.82) is 0 Å². The number of hydrogen-bond acceptors (Lipinski definition) is 3. The van der Waals surface area contributed by atoms with E-state index in [9.17, 15) is 13.2 Å². The van der Waals surface area contributed by atoms with Gasteiger partial charge in [-0.15, -0.1) is 0 Å². The van der Waals surface area contributed by atoms with Crippen LogP contribution >= 0.6 is 46.4 Å². The molecule has 1 amide bonds. The largest absolute Gasteiger partial charge is 0.321 e. The van der Waals surface area contributed by atoms with Gasteiger partial charge in [-0.05, 0) is 30.3 Å². The molecule has 2 N–H and O–H groups in total. The first-order valence-electron chi connectivity index (χ1n) is 6.30. The monoisotopic (exact) mass is 426 g/mol. The highest BCUT2D eigenvalue weighted by Gasteiger charge is 2.15. The van der Waals surface area contributed by atoms with E-state index in [0.29, 0.717) is 0 Å². The van der Waals surface area contributed by atoms with E-state index in [-0.39, 0.29) is 37.0 Å². The van der Waals surface area contributed by atoms with Crippen LogP contribution in [0.5, 0.6) is 0 Å². The van der Waals surface area contributed by atoms with Crippen molar-refractivity contribution in [3.05, 3.63) is 56.0 Å². The maximum atomic E-state index is 12.3. The molecule has 0 fully saturated rings. The summed E-state index contributed by atoms with van der Waals surface area (Å²) in [7, 11) is -3.44. The highest BCUT2D eigenvalue weighted by Crippen LogP contribution is 2.33. The summed E-state index contributed by atoms with van der Waals surface area (Å²) in [6.45, 7) is 0. The standard InChI is InChI=1S/C14H10Cl4N2O3S/c1-24(22,23)20-7-2-3-8(9(15)4-7)14(21)19-13-6-11(17)10(16)5-12(13)18/h2-6,20H,1H3,(H,19,21). The van der Waals surface area contributed by atoms with Crippen LogP contribution in [0.25, 0.3) is 0 Å². The zero-order chi connectivity index (χ0) is 18.1. The van der Waals surface area contributed by atoms with E-state index in [4.69, 9.17) is 46.4 Å². The summed E-state index contributed by atoms with van der Waals surface area (Å²) in [5.74, 6) is -0.536. The first-order chi connectivity index (χ1) is 11.1. The number of benzene rings is 2. The average molecular weight is 428 g/mol. The lowest BCUT2D eigenvalue weighted by Gasteiger charge is -2.11. The highest BCUT2D eigenvalue weighted by atomic mass is 35.5. The Hall–Kier alpha value is -1.18. The van der Waals surface area contributed by atoms with E-state index in [1.807, 2.05) is 0 Å². The summed E-state index contributed by atoms with van der Waals surface area (Å²) in [4.78, 5) is 12.3. The second kappa shape index (κ2) is 7.37. The van der Waals surface area contributed by atoms with E-state index < -0.39 is 15.9 Å². The Morgan fingerprint density at radius 3 is 2.12 bits per heavy atom. The summed E-state index contributed by atoms with van der Waals surface area (Å²) in [5, 5.41) is 3.34. The molecule has 0 aliphatic rings. The first-order valence-corrected chi connectivity index (χ1v) is 9.70. The van der Waals surface area contributed by atoms with E-state index in [1.165, 1.54) is 30.3 Å². The maximum Gasteiger partial charge on any atom is 0.257 e. The van der Waals surface area contributed by atoms with Gasteiger partial charge >= 0.3 is 0 Å². The van der Waals surface area contributed by atoms with Gasteiger partial charge in [-0.25, -0.2) is 8.42 Å². The van der Waals surface area contributed by atoms with Crippen LogP contribution in [0.1, 0.15) is 10.4 Å². The lowest BCUT2D eigenvalue weighted by atomic mass is 10.2. The number of carbonyl (C=O) groups is 1. The molecule has 2 aromatic rings. The summed E-state index contributed by atoms with van der Waals surface area (Å²) in [5.41, 5.74) is 0.648. The molecule has 0 aromatic heterocycles. The molecule has 0 atom stereocenters. The van der Waals surface area contributed by atoms with Gasteiger partial charge in [0.2, 0.25) is 10.0 Å². The summed E-state index contributed by atoms with van der Waals surface area (Å²) < 4.78 is 24.7. The smallest absolute Gasteiger partial charge is 0.257 e. The van der Waals surface area contributed by atoms with Crippen LogP contribution in [-0.4, -0.2) is 20.6 Å². The Balaban J connectivity index is 2.26. The number of sulfonamides is 1. The summed E-state index contributed by atoms with van der Waals surface area (Å²) in [6.07, 6.45) is 1.01. The Bertz CT molecular complexity index is 916. The molecule has 0 aliphatic heterocycles. The number of anilines is 2. The van der Waals surface area contributed by atoms with Crippen molar-refractivity contribution < 1.29 is 13.2 Å². The fraction of sp³-hybridized carbons (Fsp3) is 0.0714.